The van der Waals surface area contributed by atoms with E-state index in [2.05, 4.69) is 25.0 Å². The molecule has 1 aliphatic carbocycles. The highest BCUT2D eigenvalue weighted by molar-refractivity contribution is 7.99. The third-order valence-electron chi connectivity index (χ3n) is 5.15. The predicted octanol–water partition coefficient (Wildman–Crippen LogP) is 3.55. The molecule has 10 heteroatoms. The summed E-state index contributed by atoms with van der Waals surface area (Å²) in [6.45, 7) is 3.76. The highest BCUT2D eigenvalue weighted by atomic mass is 32.2. The Balaban J connectivity index is 1.44. The number of aromatic nitrogens is 3. The maximum Gasteiger partial charge on any atom is 0.293 e. The fourth-order valence-corrected chi connectivity index (χ4v) is 4.35. The van der Waals surface area contributed by atoms with Crippen LogP contribution in [0.5, 0.6) is 0 Å². The molecule has 1 aromatic heterocycles. The van der Waals surface area contributed by atoms with E-state index in [4.69, 9.17) is 0 Å². The first-order valence-corrected chi connectivity index (χ1v) is 10.9. The standard InChI is InChI=1S/C19H24N6O3S/c1-13-5-8-15(16(11-13)25(27)28)20-17(26)12-29-19-22-21-18(24(19)14-6-7-14)23-9-3-2-4-10-23/h5,8,11,14H,2-4,6-7,9-10,12H2,1H3,(H,20,26). The van der Waals surface area contributed by atoms with Crippen molar-refractivity contribution in [2.75, 3.05) is 29.1 Å². The van der Waals surface area contributed by atoms with Gasteiger partial charge in [0.1, 0.15) is 5.69 Å². The number of amides is 1. The molecular weight excluding hydrogens is 392 g/mol. The van der Waals surface area contributed by atoms with E-state index in [1.807, 2.05) is 0 Å². The van der Waals surface area contributed by atoms with Crippen molar-refractivity contribution in [2.24, 2.45) is 0 Å². The molecule has 29 heavy (non-hydrogen) atoms. The van der Waals surface area contributed by atoms with Crippen LogP contribution in [0.4, 0.5) is 17.3 Å². The summed E-state index contributed by atoms with van der Waals surface area (Å²) in [5.74, 6) is 0.728. The summed E-state index contributed by atoms with van der Waals surface area (Å²) >= 11 is 1.33. The Bertz CT molecular complexity index is 921. The average molecular weight is 417 g/mol. The van der Waals surface area contributed by atoms with Gasteiger partial charge in [0.2, 0.25) is 11.9 Å². The summed E-state index contributed by atoms with van der Waals surface area (Å²) in [4.78, 5) is 25.5. The van der Waals surface area contributed by atoms with Crippen LogP contribution in [0.25, 0.3) is 0 Å². The van der Waals surface area contributed by atoms with Crippen LogP contribution in [0, 0.1) is 17.0 Å². The molecular formula is C19H24N6O3S. The number of nitro groups is 1. The maximum absolute atomic E-state index is 12.4. The average Bonchev–Trinajstić information content (AvgIpc) is 3.47. The lowest BCUT2D eigenvalue weighted by atomic mass is 10.1. The van der Waals surface area contributed by atoms with Crippen LogP contribution >= 0.6 is 11.8 Å². The van der Waals surface area contributed by atoms with Gasteiger partial charge in [-0.1, -0.05) is 17.8 Å². The minimum atomic E-state index is -0.482. The smallest absolute Gasteiger partial charge is 0.293 e. The Hall–Kier alpha value is -2.62. The van der Waals surface area contributed by atoms with Crippen LogP contribution in [0.15, 0.2) is 23.4 Å². The number of nitro benzene ring substituents is 1. The monoisotopic (exact) mass is 416 g/mol. The first kappa shape index (κ1) is 19.7. The molecule has 1 saturated heterocycles. The van der Waals surface area contributed by atoms with Gasteiger partial charge in [0.15, 0.2) is 5.16 Å². The first-order valence-electron chi connectivity index (χ1n) is 9.90. The Morgan fingerprint density at radius 1 is 1.28 bits per heavy atom. The number of rotatable bonds is 7. The van der Waals surface area contributed by atoms with Crippen LogP contribution in [0.1, 0.15) is 43.7 Å². The molecule has 0 spiro atoms. The summed E-state index contributed by atoms with van der Waals surface area (Å²) in [5.41, 5.74) is 0.882. The molecule has 4 rings (SSSR count). The molecule has 2 heterocycles. The lowest BCUT2D eigenvalue weighted by Crippen LogP contribution is -2.32. The molecule has 0 radical (unpaired) electrons. The number of thioether (sulfide) groups is 1. The van der Waals surface area contributed by atoms with Gasteiger partial charge in [0.05, 0.1) is 10.7 Å². The lowest BCUT2D eigenvalue weighted by Gasteiger charge is -2.27. The number of carbonyl (C=O) groups is 1. The second kappa shape index (κ2) is 8.40. The molecule has 2 aromatic rings. The summed E-state index contributed by atoms with van der Waals surface area (Å²) in [6, 6.07) is 5.17. The van der Waals surface area contributed by atoms with Crippen molar-refractivity contribution >= 4 is 35.0 Å². The van der Waals surface area contributed by atoms with Crippen molar-refractivity contribution in [3.8, 4) is 0 Å². The number of nitrogens with zero attached hydrogens (tertiary/aromatic N) is 5. The van der Waals surface area contributed by atoms with Crippen LogP contribution in [-0.4, -0.2) is 44.4 Å². The molecule has 1 N–H and O–H groups in total. The highest BCUT2D eigenvalue weighted by Crippen LogP contribution is 2.41. The van der Waals surface area contributed by atoms with Gasteiger partial charge in [-0.3, -0.25) is 19.5 Å². The van der Waals surface area contributed by atoms with E-state index >= 15 is 0 Å². The molecule has 0 unspecified atom stereocenters. The quantitative estimate of drug-likeness (QED) is 0.418. The topological polar surface area (TPSA) is 106 Å². The first-order chi connectivity index (χ1) is 14.0. The van der Waals surface area contributed by atoms with Gasteiger partial charge in [-0.25, -0.2) is 0 Å². The fourth-order valence-electron chi connectivity index (χ4n) is 3.54. The van der Waals surface area contributed by atoms with E-state index in [1.165, 1.54) is 24.2 Å². The molecule has 1 aliphatic heterocycles. The molecule has 0 atom stereocenters. The summed E-state index contributed by atoms with van der Waals surface area (Å²) in [5, 5.41) is 23.4. The molecule has 2 fully saturated rings. The van der Waals surface area contributed by atoms with Crippen molar-refractivity contribution in [1.29, 1.82) is 0 Å². The number of carbonyl (C=O) groups excluding carboxylic acids is 1. The van der Waals surface area contributed by atoms with Crippen molar-refractivity contribution in [2.45, 2.75) is 50.2 Å². The number of piperidine rings is 1. The molecule has 9 nitrogen and oxygen atoms in total. The number of aryl methyl sites for hydroxylation is 1. The Labute approximate surface area is 173 Å². The van der Waals surface area contributed by atoms with Crippen molar-refractivity contribution in [1.82, 2.24) is 14.8 Å². The minimum Gasteiger partial charge on any atom is -0.341 e. The molecule has 1 aromatic carbocycles. The second-order valence-electron chi connectivity index (χ2n) is 7.55. The Morgan fingerprint density at radius 2 is 2.03 bits per heavy atom. The van der Waals surface area contributed by atoms with Crippen molar-refractivity contribution in [3.05, 3.63) is 33.9 Å². The van der Waals surface area contributed by atoms with Gasteiger partial charge in [-0.05, 0) is 50.7 Å². The van der Waals surface area contributed by atoms with Crippen molar-refractivity contribution < 1.29 is 9.72 Å². The van der Waals surface area contributed by atoms with E-state index in [0.717, 1.165) is 55.4 Å². The Morgan fingerprint density at radius 3 is 2.72 bits per heavy atom. The van der Waals surface area contributed by atoms with Crippen molar-refractivity contribution in [3.63, 3.8) is 0 Å². The maximum atomic E-state index is 12.4. The predicted molar refractivity (Wildman–Crippen MR) is 112 cm³/mol. The molecule has 1 amide bonds. The number of nitrogens with one attached hydrogen (secondary N) is 1. The summed E-state index contributed by atoms with van der Waals surface area (Å²) < 4.78 is 2.16. The van der Waals surface area contributed by atoms with E-state index < -0.39 is 4.92 Å². The van der Waals surface area contributed by atoms with Crippen LogP contribution < -0.4 is 10.2 Å². The van der Waals surface area contributed by atoms with Crippen LogP contribution in [0.3, 0.4) is 0 Å². The highest BCUT2D eigenvalue weighted by Gasteiger charge is 2.32. The van der Waals surface area contributed by atoms with E-state index in [9.17, 15) is 14.9 Å². The zero-order valence-electron chi connectivity index (χ0n) is 16.3. The van der Waals surface area contributed by atoms with Gasteiger partial charge >= 0.3 is 0 Å². The molecule has 154 valence electrons. The van der Waals surface area contributed by atoms with Gasteiger partial charge < -0.3 is 10.2 Å². The van der Waals surface area contributed by atoms with E-state index in [1.54, 1.807) is 19.1 Å². The van der Waals surface area contributed by atoms with Crippen LogP contribution in [0.2, 0.25) is 0 Å². The number of benzene rings is 1. The second-order valence-corrected chi connectivity index (χ2v) is 8.49. The SMILES string of the molecule is Cc1ccc(NC(=O)CSc2nnc(N3CCCCC3)n2C2CC2)c([N+](=O)[O-])c1. The number of hydrogen-bond acceptors (Lipinski definition) is 7. The summed E-state index contributed by atoms with van der Waals surface area (Å²) in [6.07, 6.45) is 5.79. The van der Waals surface area contributed by atoms with Gasteiger partial charge in [-0.15, -0.1) is 10.2 Å². The molecule has 2 aliphatic rings. The van der Waals surface area contributed by atoms with Gasteiger partial charge in [0.25, 0.3) is 5.69 Å². The molecule has 1 saturated carbocycles. The number of anilines is 2. The van der Waals surface area contributed by atoms with E-state index in [0.29, 0.717) is 6.04 Å². The largest absolute Gasteiger partial charge is 0.341 e. The Kier molecular flexibility index (Phi) is 5.70. The third-order valence-corrected chi connectivity index (χ3v) is 6.10. The van der Waals surface area contributed by atoms with Gasteiger partial charge in [-0.2, -0.15) is 0 Å². The normalized spacial score (nSPS) is 16.7. The third kappa shape index (κ3) is 4.52. The van der Waals surface area contributed by atoms with Crippen LogP contribution in [-0.2, 0) is 4.79 Å². The summed E-state index contributed by atoms with van der Waals surface area (Å²) in [7, 11) is 0. The lowest BCUT2D eigenvalue weighted by molar-refractivity contribution is -0.384. The van der Waals surface area contributed by atoms with Gasteiger partial charge in [0, 0.05) is 25.2 Å². The van der Waals surface area contributed by atoms with E-state index in [-0.39, 0.29) is 23.0 Å². The molecule has 0 bridgehead atoms. The fraction of sp³-hybridized carbons (Fsp3) is 0.526. The number of hydrogen-bond donors (Lipinski definition) is 1. The zero-order chi connectivity index (χ0) is 20.4. The zero-order valence-corrected chi connectivity index (χ0v) is 17.2. The minimum absolute atomic E-state index is 0.100.